The van der Waals surface area contributed by atoms with Gasteiger partial charge < -0.3 is 10.6 Å². The maximum absolute atomic E-state index is 12.0. The van der Waals surface area contributed by atoms with Crippen molar-refractivity contribution in [3.8, 4) is 0 Å². The predicted octanol–water partition coefficient (Wildman–Crippen LogP) is 0.398. The van der Waals surface area contributed by atoms with E-state index in [2.05, 4.69) is 20.7 Å². The summed E-state index contributed by atoms with van der Waals surface area (Å²) in [5, 5.41) is 8.99. The molecule has 7 heteroatoms. The summed E-state index contributed by atoms with van der Waals surface area (Å²) in [4.78, 5) is 27.9. The number of aryl methyl sites for hydroxylation is 2. The van der Waals surface area contributed by atoms with Gasteiger partial charge in [0.1, 0.15) is 0 Å². The van der Waals surface area contributed by atoms with Crippen molar-refractivity contribution in [2.24, 2.45) is 0 Å². The second kappa shape index (κ2) is 5.92. The molecule has 0 radical (unpaired) electrons. The fourth-order valence-electron chi connectivity index (χ4n) is 3.03. The van der Waals surface area contributed by atoms with Crippen LogP contribution in [0.5, 0.6) is 0 Å². The number of hydrogen-bond donors (Lipinski definition) is 3. The van der Waals surface area contributed by atoms with Crippen molar-refractivity contribution in [2.75, 3.05) is 6.54 Å². The molecular formula is C15H21N5O2. The lowest BCUT2D eigenvalue weighted by Crippen LogP contribution is -2.32. The molecule has 7 nitrogen and oxygen atoms in total. The molecule has 0 bridgehead atoms. The quantitative estimate of drug-likeness (QED) is 0.762. The normalized spacial score (nSPS) is 18.0. The van der Waals surface area contributed by atoms with E-state index in [-0.39, 0.29) is 11.5 Å². The third kappa shape index (κ3) is 2.89. The Morgan fingerprint density at radius 3 is 3.05 bits per heavy atom. The van der Waals surface area contributed by atoms with Crippen LogP contribution < -0.4 is 16.2 Å². The number of amides is 1. The summed E-state index contributed by atoms with van der Waals surface area (Å²) in [7, 11) is 0. The number of aromatic amines is 1. The largest absolute Gasteiger partial charge is 0.352 e. The molecule has 0 spiro atoms. The number of carbonyl (C=O) groups is 1. The van der Waals surface area contributed by atoms with Crippen molar-refractivity contribution >= 4 is 11.6 Å². The summed E-state index contributed by atoms with van der Waals surface area (Å²) in [6.45, 7) is 5.23. The Hall–Kier alpha value is -2.15. The van der Waals surface area contributed by atoms with Crippen LogP contribution in [-0.2, 0) is 11.3 Å². The molecule has 3 rings (SSSR count). The first-order chi connectivity index (χ1) is 10.5. The maximum atomic E-state index is 12.0. The first-order valence-electron chi connectivity index (χ1n) is 7.62. The van der Waals surface area contributed by atoms with Crippen LogP contribution in [0.3, 0.4) is 0 Å². The highest BCUT2D eigenvalue weighted by atomic mass is 16.1. The van der Waals surface area contributed by atoms with Crippen LogP contribution in [0, 0.1) is 13.8 Å². The molecule has 0 saturated carbocycles. The minimum atomic E-state index is -0.177. The highest BCUT2D eigenvalue weighted by Gasteiger charge is 2.18. The molecule has 1 saturated heterocycles. The minimum absolute atomic E-state index is 0.0410. The average Bonchev–Trinajstić information content (AvgIpc) is 3.07. The number of nitrogens with one attached hydrogen (secondary N) is 3. The Morgan fingerprint density at radius 1 is 1.50 bits per heavy atom. The summed E-state index contributed by atoms with van der Waals surface area (Å²) >= 11 is 0. The van der Waals surface area contributed by atoms with Gasteiger partial charge >= 0.3 is 0 Å². The first kappa shape index (κ1) is 14.8. The Kier molecular flexibility index (Phi) is 3.98. The van der Waals surface area contributed by atoms with E-state index < -0.39 is 0 Å². The van der Waals surface area contributed by atoms with E-state index in [4.69, 9.17) is 0 Å². The molecule has 2 aromatic rings. The molecule has 2 aromatic heterocycles. The summed E-state index contributed by atoms with van der Waals surface area (Å²) in [5.74, 6) is 0.0410. The number of fused-ring (bicyclic) bond motifs is 1. The van der Waals surface area contributed by atoms with Gasteiger partial charge in [0, 0.05) is 42.0 Å². The van der Waals surface area contributed by atoms with E-state index in [0.717, 1.165) is 36.3 Å². The lowest BCUT2D eigenvalue weighted by Gasteiger charge is -2.14. The monoisotopic (exact) mass is 303 g/mol. The summed E-state index contributed by atoms with van der Waals surface area (Å²) in [6.07, 6.45) is 2.70. The van der Waals surface area contributed by atoms with E-state index in [1.165, 1.54) is 6.07 Å². The van der Waals surface area contributed by atoms with E-state index in [9.17, 15) is 9.59 Å². The zero-order chi connectivity index (χ0) is 15.7. The van der Waals surface area contributed by atoms with Gasteiger partial charge in [-0.05, 0) is 33.2 Å². The molecule has 1 fully saturated rings. The number of aromatic nitrogens is 3. The molecule has 118 valence electrons. The van der Waals surface area contributed by atoms with E-state index >= 15 is 0 Å². The number of hydrogen-bond acceptors (Lipinski definition) is 4. The molecule has 1 aliphatic heterocycles. The zero-order valence-electron chi connectivity index (χ0n) is 12.9. The van der Waals surface area contributed by atoms with Gasteiger partial charge in [-0.15, -0.1) is 0 Å². The fourth-order valence-corrected chi connectivity index (χ4v) is 3.03. The fraction of sp³-hybridized carbons (Fsp3) is 0.533. The average molecular weight is 303 g/mol. The summed E-state index contributed by atoms with van der Waals surface area (Å²) < 4.78 is 1.66. The van der Waals surface area contributed by atoms with Crippen LogP contribution in [0.25, 0.3) is 5.65 Å². The van der Waals surface area contributed by atoms with Gasteiger partial charge in [0.2, 0.25) is 5.91 Å². The van der Waals surface area contributed by atoms with Crippen molar-refractivity contribution < 1.29 is 4.79 Å². The van der Waals surface area contributed by atoms with Gasteiger partial charge in [0.05, 0.1) is 0 Å². The van der Waals surface area contributed by atoms with Crippen molar-refractivity contribution in [1.29, 1.82) is 0 Å². The zero-order valence-corrected chi connectivity index (χ0v) is 12.9. The Labute approximate surface area is 128 Å². The molecule has 1 aliphatic rings. The van der Waals surface area contributed by atoms with Gasteiger partial charge in [-0.3, -0.25) is 14.7 Å². The maximum Gasteiger partial charge on any atom is 0.266 e. The lowest BCUT2D eigenvalue weighted by atomic mass is 10.1. The minimum Gasteiger partial charge on any atom is -0.352 e. The third-order valence-electron chi connectivity index (χ3n) is 4.26. The summed E-state index contributed by atoms with van der Waals surface area (Å²) in [5.41, 5.74) is 3.08. The Bertz CT molecular complexity index is 755. The Morgan fingerprint density at radius 2 is 2.32 bits per heavy atom. The van der Waals surface area contributed by atoms with Crippen LogP contribution in [0.15, 0.2) is 10.9 Å². The number of carbonyl (C=O) groups excluding carboxylic acids is 1. The SMILES string of the molecule is Cc1nc2cc(=O)[nH]n2c(C)c1CNC(=O)CC1CCCN1. The predicted molar refractivity (Wildman–Crippen MR) is 82.8 cm³/mol. The highest BCUT2D eigenvalue weighted by molar-refractivity contribution is 5.76. The van der Waals surface area contributed by atoms with E-state index in [0.29, 0.717) is 24.7 Å². The van der Waals surface area contributed by atoms with Crippen molar-refractivity contribution in [1.82, 2.24) is 25.2 Å². The van der Waals surface area contributed by atoms with Crippen molar-refractivity contribution in [2.45, 2.75) is 45.7 Å². The standard InChI is InChI=1S/C15H21N5O2/c1-9-12(8-17-14(21)6-11-4-3-5-16-11)10(2)20-13(18-9)7-15(22)19-20/h7,11,16H,3-6,8H2,1-2H3,(H,17,21)(H,19,22). The summed E-state index contributed by atoms with van der Waals surface area (Å²) in [6, 6.07) is 1.76. The second-order valence-electron chi connectivity index (χ2n) is 5.85. The molecule has 1 amide bonds. The van der Waals surface area contributed by atoms with Crippen LogP contribution in [-0.4, -0.2) is 33.1 Å². The van der Waals surface area contributed by atoms with Gasteiger partial charge in [-0.2, -0.15) is 0 Å². The van der Waals surface area contributed by atoms with E-state index in [1.54, 1.807) is 4.52 Å². The molecular weight excluding hydrogens is 282 g/mol. The van der Waals surface area contributed by atoms with Gasteiger partial charge in [0.15, 0.2) is 5.65 Å². The molecule has 1 atom stereocenters. The lowest BCUT2D eigenvalue weighted by molar-refractivity contribution is -0.121. The highest BCUT2D eigenvalue weighted by Crippen LogP contribution is 2.13. The van der Waals surface area contributed by atoms with Gasteiger partial charge in [-0.1, -0.05) is 0 Å². The van der Waals surface area contributed by atoms with E-state index in [1.807, 2.05) is 13.8 Å². The first-order valence-corrected chi connectivity index (χ1v) is 7.62. The van der Waals surface area contributed by atoms with Crippen molar-refractivity contribution in [3.63, 3.8) is 0 Å². The molecule has 3 N–H and O–H groups in total. The van der Waals surface area contributed by atoms with Crippen LogP contribution in [0.1, 0.15) is 36.2 Å². The van der Waals surface area contributed by atoms with Gasteiger partial charge in [-0.25, -0.2) is 9.50 Å². The molecule has 22 heavy (non-hydrogen) atoms. The van der Waals surface area contributed by atoms with Crippen LogP contribution in [0.2, 0.25) is 0 Å². The number of nitrogens with zero attached hydrogens (tertiary/aromatic N) is 2. The molecule has 0 aromatic carbocycles. The van der Waals surface area contributed by atoms with Crippen molar-refractivity contribution in [3.05, 3.63) is 33.4 Å². The molecule has 1 unspecified atom stereocenters. The third-order valence-corrected chi connectivity index (χ3v) is 4.26. The van der Waals surface area contributed by atoms with Crippen LogP contribution in [0.4, 0.5) is 0 Å². The molecule has 3 heterocycles. The molecule has 0 aliphatic carbocycles. The van der Waals surface area contributed by atoms with Crippen LogP contribution >= 0.6 is 0 Å². The topological polar surface area (TPSA) is 91.3 Å². The van der Waals surface area contributed by atoms with Gasteiger partial charge in [0.25, 0.3) is 5.56 Å². The smallest absolute Gasteiger partial charge is 0.266 e. The Balaban J connectivity index is 1.72. The number of H-pyrrole nitrogens is 1. The number of rotatable bonds is 4. The second-order valence-corrected chi connectivity index (χ2v) is 5.85.